The fraction of sp³-hybridized carbons (Fsp3) is 0.290. The van der Waals surface area contributed by atoms with Gasteiger partial charge in [-0.2, -0.15) is 0 Å². The van der Waals surface area contributed by atoms with E-state index in [0.717, 1.165) is 48.5 Å². The van der Waals surface area contributed by atoms with Crippen LogP contribution in [0.15, 0.2) is 67.4 Å². The fourth-order valence-electron chi connectivity index (χ4n) is 6.17. The molecule has 0 radical (unpaired) electrons. The molecule has 1 N–H and O–H groups in total. The van der Waals surface area contributed by atoms with Gasteiger partial charge in [0.05, 0.1) is 22.9 Å². The Morgan fingerprint density at radius 3 is 2.59 bits per heavy atom. The molecule has 0 spiro atoms. The first-order chi connectivity index (χ1) is 18.1. The van der Waals surface area contributed by atoms with E-state index < -0.39 is 0 Å². The lowest BCUT2D eigenvalue weighted by atomic mass is 9.86. The van der Waals surface area contributed by atoms with E-state index >= 15 is 0 Å². The van der Waals surface area contributed by atoms with E-state index in [4.69, 9.17) is 4.74 Å². The number of hydrogen-bond acceptors (Lipinski definition) is 3. The molecule has 6 rings (SSSR count). The van der Waals surface area contributed by atoms with Gasteiger partial charge in [-0.3, -0.25) is 0 Å². The number of nitrogens with one attached hydrogen (secondary N) is 1. The maximum absolute atomic E-state index is 5.79. The summed E-state index contributed by atoms with van der Waals surface area (Å²) in [6, 6.07) is 17.8. The van der Waals surface area contributed by atoms with E-state index in [1.165, 1.54) is 33.1 Å². The van der Waals surface area contributed by atoms with Gasteiger partial charge in [0, 0.05) is 54.0 Å². The fourth-order valence-corrected chi connectivity index (χ4v) is 6.17. The average molecular weight is 492 g/mol. The summed E-state index contributed by atoms with van der Waals surface area (Å²) >= 11 is 0. The minimum absolute atomic E-state index is 0.181. The molecule has 6 heteroatoms. The van der Waals surface area contributed by atoms with Crippen molar-refractivity contribution in [2.75, 3.05) is 13.2 Å². The Bertz CT molecular complexity index is 1590. The normalized spacial score (nSPS) is 16.0. The van der Waals surface area contributed by atoms with Crippen LogP contribution in [0.1, 0.15) is 47.1 Å². The third-order valence-corrected chi connectivity index (χ3v) is 7.90. The van der Waals surface area contributed by atoms with Crippen molar-refractivity contribution in [2.45, 2.75) is 32.7 Å². The Morgan fingerprint density at radius 2 is 1.89 bits per heavy atom. The van der Waals surface area contributed by atoms with Crippen LogP contribution in [0.3, 0.4) is 0 Å². The third kappa shape index (κ3) is 3.92. The molecule has 4 heterocycles. The van der Waals surface area contributed by atoms with Gasteiger partial charge in [-0.15, -0.1) is 5.10 Å². The summed E-state index contributed by atoms with van der Waals surface area (Å²) in [6.45, 7) is 10.0. The number of nitrogens with zero attached hydrogens (tertiary/aromatic N) is 4. The second kappa shape index (κ2) is 9.52. The van der Waals surface area contributed by atoms with Crippen LogP contribution in [0.4, 0.5) is 0 Å². The second-order valence-corrected chi connectivity index (χ2v) is 10.0. The number of fused-ring (bicyclic) bond motifs is 3. The molecule has 1 aliphatic rings. The van der Waals surface area contributed by atoms with Gasteiger partial charge in [0.2, 0.25) is 0 Å². The van der Waals surface area contributed by atoms with E-state index in [2.05, 4.69) is 88.0 Å². The molecule has 1 saturated heterocycles. The predicted molar refractivity (Wildman–Crippen MR) is 150 cm³/mol. The molecule has 3 aromatic heterocycles. The van der Waals surface area contributed by atoms with E-state index in [9.17, 15) is 0 Å². The Balaban J connectivity index is 1.69. The quantitative estimate of drug-likeness (QED) is 0.272. The molecule has 1 atom stereocenters. The summed E-state index contributed by atoms with van der Waals surface area (Å²) in [7, 11) is 1.94. The Morgan fingerprint density at radius 1 is 1.11 bits per heavy atom. The van der Waals surface area contributed by atoms with Crippen molar-refractivity contribution in [3.63, 3.8) is 0 Å². The first kappa shape index (κ1) is 23.5. The Kier molecular flexibility index (Phi) is 6.05. The summed E-state index contributed by atoms with van der Waals surface area (Å²) in [5.74, 6) is 0.465. The van der Waals surface area contributed by atoms with Gasteiger partial charge >= 0.3 is 0 Å². The van der Waals surface area contributed by atoms with Crippen LogP contribution >= 0.6 is 0 Å². The lowest BCUT2D eigenvalue weighted by Crippen LogP contribution is -2.27. The first-order valence-electron chi connectivity index (χ1n) is 13.0. The highest BCUT2D eigenvalue weighted by atomic mass is 16.5. The van der Waals surface area contributed by atoms with Gasteiger partial charge in [-0.1, -0.05) is 48.2 Å². The molecular formula is C31H33N5O. The van der Waals surface area contributed by atoms with Crippen molar-refractivity contribution < 1.29 is 4.74 Å². The minimum Gasteiger partial charge on any atom is -0.381 e. The summed E-state index contributed by atoms with van der Waals surface area (Å²) in [6.07, 6.45) is 8.30. The number of H-pyrrole nitrogens is 1. The number of allylic oxidation sites excluding steroid dienone is 2. The minimum atomic E-state index is 0.181. The summed E-state index contributed by atoms with van der Waals surface area (Å²) in [5, 5.41) is 11.1. The zero-order valence-corrected chi connectivity index (χ0v) is 21.7. The second-order valence-electron chi connectivity index (χ2n) is 10.0. The molecular weight excluding hydrogens is 458 g/mol. The van der Waals surface area contributed by atoms with Crippen LogP contribution in [-0.4, -0.2) is 37.8 Å². The lowest BCUT2D eigenvalue weighted by molar-refractivity contribution is 0.0547. The maximum Gasteiger partial charge on any atom is 0.0911 e. The van der Waals surface area contributed by atoms with Gasteiger partial charge in [0.25, 0.3) is 0 Å². The molecule has 1 fully saturated rings. The van der Waals surface area contributed by atoms with Crippen molar-refractivity contribution in [3.8, 4) is 0 Å². The van der Waals surface area contributed by atoms with Crippen molar-refractivity contribution in [2.24, 2.45) is 13.0 Å². The van der Waals surface area contributed by atoms with Crippen LogP contribution in [0.2, 0.25) is 0 Å². The molecule has 6 nitrogen and oxygen atoms in total. The molecule has 5 aromatic rings. The number of ether oxygens (including phenoxy) is 1. The smallest absolute Gasteiger partial charge is 0.0911 e. The number of hydrogen-bond donors (Lipinski definition) is 1. The highest BCUT2D eigenvalue weighted by Crippen LogP contribution is 2.42. The number of benzene rings is 2. The molecule has 0 aliphatic carbocycles. The molecule has 1 aliphatic heterocycles. The number of rotatable bonds is 6. The van der Waals surface area contributed by atoms with Crippen molar-refractivity contribution in [1.82, 2.24) is 24.5 Å². The van der Waals surface area contributed by atoms with E-state index in [-0.39, 0.29) is 6.04 Å². The van der Waals surface area contributed by atoms with Crippen LogP contribution < -0.4 is 0 Å². The van der Waals surface area contributed by atoms with Gasteiger partial charge in [0.1, 0.15) is 0 Å². The van der Waals surface area contributed by atoms with E-state index in [0.29, 0.717) is 5.92 Å². The molecule has 2 aromatic carbocycles. The summed E-state index contributed by atoms with van der Waals surface area (Å²) in [4.78, 5) is 3.40. The van der Waals surface area contributed by atoms with Crippen molar-refractivity contribution in [3.05, 3.63) is 95.6 Å². The van der Waals surface area contributed by atoms with E-state index in [1.54, 1.807) is 0 Å². The first-order valence-corrected chi connectivity index (χ1v) is 13.0. The molecule has 0 saturated carbocycles. The molecule has 188 valence electrons. The standard InChI is InChI=1S/C31H33N5O/c1-5-22(30-21(3)33-34-35(30)4)19-28-20(2)29-25-13-16-32-26(25)11-12-27(29)36(28)31(23-9-7-6-8-10-23)24-14-17-37-18-15-24/h5-13,16,19,24,31-32H,1,14-15,17-18H2,2-4H3/b22-19+/t31-/m1/s1. The number of aryl methyl sites for hydroxylation is 3. The monoisotopic (exact) mass is 491 g/mol. The summed E-state index contributed by atoms with van der Waals surface area (Å²) in [5.41, 5.74) is 9.09. The zero-order chi connectivity index (χ0) is 25.5. The average Bonchev–Trinajstić information content (AvgIpc) is 3.61. The van der Waals surface area contributed by atoms with Crippen molar-refractivity contribution in [1.29, 1.82) is 0 Å². The molecule has 37 heavy (non-hydrogen) atoms. The Labute approximate surface area is 217 Å². The van der Waals surface area contributed by atoms with Crippen LogP contribution in [0.5, 0.6) is 0 Å². The van der Waals surface area contributed by atoms with Crippen LogP contribution in [0, 0.1) is 19.8 Å². The lowest BCUT2D eigenvalue weighted by Gasteiger charge is -2.33. The van der Waals surface area contributed by atoms with Crippen LogP contribution in [-0.2, 0) is 11.8 Å². The summed E-state index contributed by atoms with van der Waals surface area (Å²) < 4.78 is 10.2. The molecule has 0 amide bonds. The predicted octanol–water partition coefficient (Wildman–Crippen LogP) is 6.61. The highest BCUT2D eigenvalue weighted by molar-refractivity contribution is 6.09. The number of aromatic nitrogens is 5. The zero-order valence-electron chi connectivity index (χ0n) is 21.7. The van der Waals surface area contributed by atoms with Gasteiger partial charge in [0.15, 0.2) is 0 Å². The van der Waals surface area contributed by atoms with E-state index in [1.807, 2.05) is 30.9 Å². The van der Waals surface area contributed by atoms with Crippen LogP contribution in [0.25, 0.3) is 33.5 Å². The largest absolute Gasteiger partial charge is 0.381 e. The third-order valence-electron chi connectivity index (χ3n) is 7.90. The van der Waals surface area contributed by atoms with Gasteiger partial charge < -0.3 is 14.3 Å². The molecule has 0 bridgehead atoms. The maximum atomic E-state index is 5.79. The Hall–Kier alpha value is -3.90. The highest BCUT2D eigenvalue weighted by Gasteiger charge is 2.31. The van der Waals surface area contributed by atoms with Gasteiger partial charge in [-0.25, -0.2) is 4.68 Å². The molecule has 0 unspecified atom stereocenters. The van der Waals surface area contributed by atoms with Gasteiger partial charge in [-0.05, 0) is 68.0 Å². The topological polar surface area (TPSA) is 60.7 Å². The number of aromatic amines is 1. The van der Waals surface area contributed by atoms with Crippen molar-refractivity contribution >= 4 is 33.5 Å². The SMILES string of the molecule is C=C/C(=C\c1c(C)c2c3cc[nH]c3ccc2n1[C@H](c1ccccc1)C1CCOCC1)c1c(C)nnn1C.